The van der Waals surface area contributed by atoms with Gasteiger partial charge < -0.3 is 29.0 Å². The Labute approximate surface area is 213 Å². The molecule has 0 aromatic heterocycles. The van der Waals surface area contributed by atoms with E-state index in [4.69, 9.17) is 18.9 Å². The largest absolute Gasteiger partial charge is 0.492 e. The molecule has 2 rings (SSSR count). The molecule has 0 aliphatic carbocycles. The highest BCUT2D eigenvalue weighted by molar-refractivity contribution is 5.72. The monoisotopic (exact) mass is 527 g/mol. The molecule has 1 N–H and O–H groups in total. The van der Waals surface area contributed by atoms with Gasteiger partial charge in [-0.1, -0.05) is 18.2 Å². The molecule has 204 valence electrons. The lowest BCUT2D eigenvalue weighted by Gasteiger charge is -2.22. The lowest BCUT2D eigenvalue weighted by atomic mass is 10.1. The van der Waals surface area contributed by atoms with Gasteiger partial charge in [0.2, 0.25) is 5.92 Å². The van der Waals surface area contributed by atoms with Gasteiger partial charge >= 0.3 is 12.1 Å². The van der Waals surface area contributed by atoms with Crippen molar-refractivity contribution in [2.45, 2.75) is 38.7 Å². The van der Waals surface area contributed by atoms with E-state index in [-0.39, 0.29) is 51.7 Å². The molecule has 0 aliphatic rings. The highest BCUT2D eigenvalue weighted by atomic mass is 19.3. The molecule has 11 heteroatoms. The van der Waals surface area contributed by atoms with Crippen LogP contribution < -0.4 is 9.47 Å². The van der Waals surface area contributed by atoms with Crippen LogP contribution >= 0.6 is 0 Å². The molecule has 8 nitrogen and oxygen atoms in total. The molecular formula is C26H32F3NO7. The number of nitrogens with zero attached hydrogens (tertiary/aromatic N) is 1. The van der Waals surface area contributed by atoms with Crippen molar-refractivity contribution in [3.63, 3.8) is 0 Å². The molecule has 2 aromatic rings. The van der Waals surface area contributed by atoms with Gasteiger partial charge in [-0.05, 0) is 43.7 Å². The molecule has 1 atom stereocenters. The summed E-state index contributed by atoms with van der Waals surface area (Å²) in [6.45, 7) is 2.81. The minimum absolute atomic E-state index is 0.00635. The minimum atomic E-state index is -2.85. The SMILES string of the molecule is CCOC(Cc1ccc(OCCN(CCOCCC(C)(F)F)C(=O)Oc2cccc(F)c2)cc1)C(=O)O. The Morgan fingerprint density at radius 3 is 2.35 bits per heavy atom. The maximum Gasteiger partial charge on any atom is 0.415 e. The summed E-state index contributed by atoms with van der Waals surface area (Å²) < 4.78 is 60.7. The van der Waals surface area contributed by atoms with Gasteiger partial charge in [-0.3, -0.25) is 0 Å². The van der Waals surface area contributed by atoms with Crippen molar-refractivity contribution >= 4 is 12.1 Å². The van der Waals surface area contributed by atoms with Gasteiger partial charge in [0.15, 0.2) is 6.10 Å². The Kier molecular flexibility index (Phi) is 12.2. The topological polar surface area (TPSA) is 94.5 Å². The fourth-order valence-electron chi connectivity index (χ4n) is 3.15. The van der Waals surface area contributed by atoms with E-state index in [1.54, 1.807) is 31.2 Å². The number of hydrogen-bond donors (Lipinski definition) is 1. The third-order valence-corrected chi connectivity index (χ3v) is 5.07. The Hall–Kier alpha value is -3.31. The standard InChI is InChI=1S/C26H32F3NO7/c1-3-35-23(24(31)32)17-19-7-9-21(10-8-19)36-16-13-30(12-15-34-14-11-26(2,28)29)25(33)37-22-6-4-5-20(27)18-22/h4-10,18,23H,3,11-17H2,1-2H3,(H,31,32). The first-order valence-corrected chi connectivity index (χ1v) is 11.8. The fraction of sp³-hybridized carbons (Fsp3) is 0.462. The molecule has 0 saturated carbocycles. The van der Waals surface area contributed by atoms with Crippen molar-refractivity contribution < 1.29 is 46.8 Å². The zero-order chi connectivity index (χ0) is 27.3. The third kappa shape index (κ3) is 12.0. The normalized spacial score (nSPS) is 12.1. The highest BCUT2D eigenvalue weighted by Crippen LogP contribution is 2.17. The Morgan fingerprint density at radius 1 is 1.03 bits per heavy atom. The molecule has 1 unspecified atom stereocenters. The number of halogens is 3. The number of carbonyl (C=O) groups excluding carboxylic acids is 1. The number of benzene rings is 2. The van der Waals surface area contributed by atoms with E-state index in [0.29, 0.717) is 5.75 Å². The maximum atomic E-state index is 13.4. The summed E-state index contributed by atoms with van der Waals surface area (Å²) in [6, 6.07) is 11.9. The molecule has 0 heterocycles. The van der Waals surface area contributed by atoms with E-state index in [1.807, 2.05) is 0 Å². The number of alkyl halides is 2. The summed E-state index contributed by atoms with van der Waals surface area (Å²) in [4.78, 5) is 25.2. The van der Waals surface area contributed by atoms with Crippen LogP contribution in [0.2, 0.25) is 0 Å². The van der Waals surface area contributed by atoms with Crippen LogP contribution in [0.1, 0.15) is 25.8 Å². The van der Waals surface area contributed by atoms with Gasteiger partial charge in [-0.2, -0.15) is 0 Å². The predicted octanol–water partition coefficient (Wildman–Crippen LogP) is 4.80. The summed E-state index contributed by atoms with van der Waals surface area (Å²) in [6.07, 6.45) is -1.96. The van der Waals surface area contributed by atoms with Gasteiger partial charge in [0.25, 0.3) is 0 Å². The molecule has 0 radical (unpaired) electrons. The number of ether oxygens (including phenoxy) is 4. The van der Waals surface area contributed by atoms with E-state index in [1.165, 1.54) is 23.1 Å². The zero-order valence-electron chi connectivity index (χ0n) is 20.8. The highest BCUT2D eigenvalue weighted by Gasteiger charge is 2.21. The van der Waals surface area contributed by atoms with Gasteiger partial charge in [0.1, 0.15) is 23.9 Å². The molecule has 37 heavy (non-hydrogen) atoms. The van der Waals surface area contributed by atoms with Gasteiger partial charge in [0, 0.05) is 32.1 Å². The van der Waals surface area contributed by atoms with Crippen molar-refractivity contribution in [2.75, 3.05) is 39.5 Å². The first-order valence-electron chi connectivity index (χ1n) is 11.8. The second-order valence-electron chi connectivity index (χ2n) is 8.22. The Balaban J connectivity index is 1.91. The molecule has 0 saturated heterocycles. The average molecular weight is 528 g/mol. The van der Waals surface area contributed by atoms with E-state index in [0.717, 1.165) is 18.6 Å². The van der Waals surface area contributed by atoms with Crippen LogP contribution in [0.5, 0.6) is 11.5 Å². The number of amides is 1. The number of carbonyl (C=O) groups is 2. The van der Waals surface area contributed by atoms with Crippen molar-refractivity contribution in [1.29, 1.82) is 0 Å². The molecule has 2 aromatic carbocycles. The number of carboxylic acids is 1. The molecular weight excluding hydrogens is 495 g/mol. The Bertz CT molecular complexity index is 983. The lowest BCUT2D eigenvalue weighted by molar-refractivity contribution is -0.149. The van der Waals surface area contributed by atoms with Crippen LogP contribution in [0.25, 0.3) is 0 Å². The number of rotatable bonds is 16. The first-order chi connectivity index (χ1) is 17.6. The van der Waals surface area contributed by atoms with Crippen molar-refractivity contribution in [2.24, 2.45) is 0 Å². The molecule has 0 spiro atoms. The van der Waals surface area contributed by atoms with Crippen LogP contribution in [0.15, 0.2) is 48.5 Å². The summed E-state index contributed by atoms with van der Waals surface area (Å²) in [5.74, 6) is -3.95. The summed E-state index contributed by atoms with van der Waals surface area (Å²) >= 11 is 0. The second kappa shape index (κ2) is 15.1. The van der Waals surface area contributed by atoms with Crippen molar-refractivity contribution in [3.8, 4) is 11.5 Å². The van der Waals surface area contributed by atoms with Gasteiger partial charge in [-0.25, -0.2) is 22.8 Å². The van der Waals surface area contributed by atoms with E-state index in [9.17, 15) is 27.9 Å². The molecule has 0 fully saturated rings. The van der Waals surface area contributed by atoms with E-state index < -0.39 is 36.3 Å². The van der Waals surface area contributed by atoms with Crippen LogP contribution in [0, 0.1) is 5.82 Å². The maximum absolute atomic E-state index is 13.4. The van der Waals surface area contributed by atoms with E-state index in [2.05, 4.69) is 0 Å². The number of hydrogen-bond acceptors (Lipinski definition) is 6. The van der Waals surface area contributed by atoms with E-state index >= 15 is 0 Å². The third-order valence-electron chi connectivity index (χ3n) is 5.07. The first kappa shape index (κ1) is 29.9. The van der Waals surface area contributed by atoms with Crippen molar-refractivity contribution in [3.05, 3.63) is 59.9 Å². The van der Waals surface area contributed by atoms with Crippen LogP contribution in [0.4, 0.5) is 18.0 Å². The summed E-state index contributed by atoms with van der Waals surface area (Å²) in [5, 5.41) is 9.21. The lowest BCUT2D eigenvalue weighted by Crippen LogP contribution is -2.39. The quantitative estimate of drug-likeness (QED) is 0.314. The minimum Gasteiger partial charge on any atom is -0.492 e. The smallest absolute Gasteiger partial charge is 0.415 e. The Morgan fingerprint density at radius 2 is 1.73 bits per heavy atom. The van der Waals surface area contributed by atoms with Crippen molar-refractivity contribution in [1.82, 2.24) is 4.90 Å². The summed E-state index contributed by atoms with van der Waals surface area (Å²) in [7, 11) is 0. The van der Waals surface area contributed by atoms with Gasteiger partial charge in [0.05, 0.1) is 19.8 Å². The molecule has 0 bridgehead atoms. The van der Waals surface area contributed by atoms with Gasteiger partial charge in [-0.15, -0.1) is 0 Å². The number of carboxylic acid groups (broad SMARTS) is 1. The fourth-order valence-corrected chi connectivity index (χ4v) is 3.15. The van der Waals surface area contributed by atoms with Crippen LogP contribution in [-0.2, 0) is 20.7 Å². The number of aliphatic carboxylic acids is 1. The van der Waals surface area contributed by atoms with Crippen LogP contribution in [0.3, 0.4) is 0 Å². The second-order valence-corrected chi connectivity index (χ2v) is 8.22. The van der Waals surface area contributed by atoms with Crippen LogP contribution in [-0.4, -0.2) is 73.6 Å². The average Bonchev–Trinajstić information content (AvgIpc) is 2.82. The zero-order valence-corrected chi connectivity index (χ0v) is 20.8. The predicted molar refractivity (Wildman–Crippen MR) is 129 cm³/mol. The summed E-state index contributed by atoms with van der Waals surface area (Å²) in [5.41, 5.74) is 0.753. The molecule has 0 aliphatic heterocycles. The molecule has 1 amide bonds.